The van der Waals surface area contributed by atoms with Crippen molar-refractivity contribution in [1.82, 2.24) is 4.98 Å². The van der Waals surface area contributed by atoms with E-state index in [9.17, 15) is 4.79 Å². The number of carboxylic acids is 1. The highest BCUT2D eigenvalue weighted by Crippen LogP contribution is 2.37. The minimum atomic E-state index is -0.792. The molecule has 1 aliphatic rings. The molecule has 0 saturated heterocycles. The number of nitrogens with zero attached hydrogens (tertiary/aromatic N) is 1. The van der Waals surface area contributed by atoms with Crippen LogP contribution in [0.15, 0.2) is 5.38 Å². The van der Waals surface area contributed by atoms with Gasteiger partial charge in [-0.2, -0.15) is 0 Å². The number of aliphatic carboxylic acids is 1. The third-order valence-corrected chi connectivity index (χ3v) is 3.85. The fourth-order valence-electron chi connectivity index (χ4n) is 1.50. The normalized spacial score (nSPS) is 18.9. The van der Waals surface area contributed by atoms with Crippen LogP contribution in [-0.2, 0) is 4.79 Å². The lowest BCUT2D eigenvalue weighted by Crippen LogP contribution is -2.11. The van der Waals surface area contributed by atoms with Crippen LogP contribution in [0.5, 0.6) is 0 Å². The first-order valence-corrected chi connectivity index (χ1v) is 5.74. The maximum absolute atomic E-state index is 10.7. The Balaban J connectivity index is 2.12. The zero-order chi connectivity index (χ0) is 10.1. The maximum atomic E-state index is 10.7. The molecule has 0 radical (unpaired) electrons. The lowest BCUT2D eigenvalue weighted by Gasteiger charge is -2.23. The highest BCUT2D eigenvalue weighted by molar-refractivity contribution is 7.09. The van der Waals surface area contributed by atoms with Crippen LogP contribution in [0.25, 0.3) is 0 Å². The predicted molar refractivity (Wildman–Crippen MR) is 54.8 cm³/mol. The smallest absolute Gasteiger partial charge is 0.313 e. The van der Waals surface area contributed by atoms with Gasteiger partial charge in [0.1, 0.15) is 10.9 Å². The van der Waals surface area contributed by atoms with Crippen LogP contribution in [0.1, 0.15) is 48.7 Å². The summed E-state index contributed by atoms with van der Waals surface area (Å²) in [6, 6.07) is 0. The average molecular weight is 211 g/mol. The monoisotopic (exact) mass is 211 g/mol. The average Bonchev–Trinajstić information content (AvgIpc) is 2.48. The molecule has 0 spiro atoms. The van der Waals surface area contributed by atoms with Crippen molar-refractivity contribution in [2.45, 2.75) is 38.0 Å². The first-order chi connectivity index (χ1) is 6.68. The number of hydrogen-bond acceptors (Lipinski definition) is 3. The van der Waals surface area contributed by atoms with Gasteiger partial charge in [-0.3, -0.25) is 4.79 Å². The van der Waals surface area contributed by atoms with Gasteiger partial charge in [-0.25, -0.2) is 4.98 Å². The predicted octanol–water partition coefficient (Wildman–Crippen LogP) is 2.60. The number of carbonyl (C=O) groups is 1. The number of carboxylic acid groups (broad SMARTS) is 1. The zero-order valence-corrected chi connectivity index (χ0v) is 8.88. The van der Waals surface area contributed by atoms with Crippen LogP contribution in [0.2, 0.25) is 0 Å². The molecule has 14 heavy (non-hydrogen) atoms. The molecule has 1 fully saturated rings. The van der Waals surface area contributed by atoms with E-state index in [1.54, 1.807) is 6.92 Å². The quantitative estimate of drug-likeness (QED) is 0.836. The summed E-state index contributed by atoms with van der Waals surface area (Å²) < 4.78 is 0. The Kier molecular flexibility index (Phi) is 2.54. The SMILES string of the molecule is CC(C(=O)O)c1nc(C2CCC2)cs1. The Morgan fingerprint density at radius 1 is 1.71 bits per heavy atom. The molecule has 4 heteroatoms. The Bertz CT molecular complexity index is 344. The van der Waals surface area contributed by atoms with Crippen LogP contribution in [0.3, 0.4) is 0 Å². The highest BCUT2D eigenvalue weighted by Gasteiger charge is 2.24. The maximum Gasteiger partial charge on any atom is 0.313 e. The second-order valence-corrected chi connectivity index (χ2v) is 4.69. The molecule has 1 atom stereocenters. The fraction of sp³-hybridized carbons (Fsp3) is 0.600. The molecule has 1 saturated carbocycles. The van der Waals surface area contributed by atoms with Crippen LogP contribution < -0.4 is 0 Å². The summed E-state index contributed by atoms with van der Waals surface area (Å²) in [6.07, 6.45) is 3.71. The highest BCUT2D eigenvalue weighted by atomic mass is 32.1. The van der Waals surface area contributed by atoms with Crippen LogP contribution in [0.4, 0.5) is 0 Å². The largest absolute Gasteiger partial charge is 0.481 e. The van der Waals surface area contributed by atoms with Crippen LogP contribution in [0, 0.1) is 0 Å². The number of aromatic nitrogens is 1. The van der Waals surface area contributed by atoms with Crippen molar-refractivity contribution in [2.75, 3.05) is 0 Å². The Morgan fingerprint density at radius 2 is 2.43 bits per heavy atom. The van der Waals surface area contributed by atoms with E-state index in [-0.39, 0.29) is 0 Å². The first-order valence-electron chi connectivity index (χ1n) is 4.86. The molecular formula is C10H13NO2S. The van der Waals surface area contributed by atoms with E-state index in [0.717, 1.165) is 10.7 Å². The van der Waals surface area contributed by atoms with Crippen molar-refractivity contribution >= 4 is 17.3 Å². The summed E-state index contributed by atoms with van der Waals surface area (Å²) in [7, 11) is 0. The summed E-state index contributed by atoms with van der Waals surface area (Å²) in [5.74, 6) is -0.658. The van der Waals surface area contributed by atoms with E-state index in [4.69, 9.17) is 5.11 Å². The molecule has 1 unspecified atom stereocenters. The number of hydrogen-bond donors (Lipinski definition) is 1. The second-order valence-electron chi connectivity index (χ2n) is 3.80. The molecule has 76 valence electrons. The van der Waals surface area contributed by atoms with Gasteiger partial charge in [0.05, 0.1) is 5.69 Å². The van der Waals surface area contributed by atoms with E-state index in [2.05, 4.69) is 4.98 Å². The summed E-state index contributed by atoms with van der Waals surface area (Å²) >= 11 is 1.47. The molecule has 1 N–H and O–H groups in total. The van der Waals surface area contributed by atoms with Gasteiger partial charge in [0, 0.05) is 11.3 Å². The number of thiazole rings is 1. The molecule has 0 aliphatic heterocycles. The summed E-state index contributed by atoms with van der Waals surface area (Å²) in [5, 5.41) is 11.6. The lowest BCUT2D eigenvalue weighted by atomic mass is 9.83. The molecule has 3 nitrogen and oxygen atoms in total. The van der Waals surface area contributed by atoms with Gasteiger partial charge in [-0.05, 0) is 19.8 Å². The van der Waals surface area contributed by atoms with Crippen LogP contribution in [-0.4, -0.2) is 16.1 Å². The molecule has 1 aliphatic carbocycles. The molecule has 2 rings (SSSR count). The lowest BCUT2D eigenvalue weighted by molar-refractivity contribution is -0.138. The fourth-order valence-corrected chi connectivity index (χ4v) is 2.45. The van der Waals surface area contributed by atoms with Crippen molar-refractivity contribution < 1.29 is 9.90 Å². The zero-order valence-electron chi connectivity index (χ0n) is 8.06. The van der Waals surface area contributed by atoms with Crippen molar-refractivity contribution in [3.8, 4) is 0 Å². The Labute approximate surface area is 86.8 Å². The number of rotatable bonds is 3. The first kappa shape index (κ1) is 9.65. The van der Waals surface area contributed by atoms with Crippen molar-refractivity contribution in [3.05, 3.63) is 16.1 Å². The minimum absolute atomic E-state index is 0.464. The van der Waals surface area contributed by atoms with E-state index in [0.29, 0.717) is 5.92 Å². The van der Waals surface area contributed by atoms with Gasteiger partial charge in [0.2, 0.25) is 0 Å². The molecule has 1 heterocycles. The third-order valence-electron chi connectivity index (χ3n) is 2.80. The summed E-state index contributed by atoms with van der Waals surface area (Å²) in [6.45, 7) is 1.69. The molecule has 1 aromatic heterocycles. The van der Waals surface area contributed by atoms with Crippen molar-refractivity contribution in [1.29, 1.82) is 0 Å². The Hall–Kier alpha value is -0.900. The molecule has 0 aromatic carbocycles. The van der Waals surface area contributed by atoms with Gasteiger partial charge >= 0.3 is 5.97 Å². The van der Waals surface area contributed by atoms with E-state index < -0.39 is 11.9 Å². The second kappa shape index (κ2) is 3.69. The molecule has 0 bridgehead atoms. The third kappa shape index (κ3) is 1.66. The topological polar surface area (TPSA) is 50.2 Å². The van der Waals surface area contributed by atoms with Crippen molar-refractivity contribution in [2.24, 2.45) is 0 Å². The van der Waals surface area contributed by atoms with Crippen LogP contribution >= 0.6 is 11.3 Å². The molecule has 0 amide bonds. The molecule has 1 aromatic rings. The molecular weight excluding hydrogens is 198 g/mol. The van der Waals surface area contributed by atoms with E-state index in [1.807, 2.05) is 5.38 Å². The van der Waals surface area contributed by atoms with Gasteiger partial charge < -0.3 is 5.11 Å². The summed E-state index contributed by atoms with van der Waals surface area (Å²) in [4.78, 5) is 15.1. The van der Waals surface area contributed by atoms with E-state index >= 15 is 0 Å². The van der Waals surface area contributed by atoms with E-state index in [1.165, 1.54) is 30.6 Å². The van der Waals surface area contributed by atoms with Gasteiger partial charge in [-0.1, -0.05) is 6.42 Å². The van der Waals surface area contributed by atoms with Crippen molar-refractivity contribution in [3.63, 3.8) is 0 Å². The van der Waals surface area contributed by atoms with Gasteiger partial charge in [0.25, 0.3) is 0 Å². The standard InChI is InChI=1S/C10H13NO2S/c1-6(10(12)13)9-11-8(5-14-9)7-3-2-4-7/h5-7H,2-4H2,1H3,(H,12,13). The Morgan fingerprint density at radius 3 is 2.93 bits per heavy atom. The summed E-state index contributed by atoms with van der Waals surface area (Å²) in [5.41, 5.74) is 1.10. The van der Waals surface area contributed by atoms with Gasteiger partial charge in [-0.15, -0.1) is 11.3 Å². The minimum Gasteiger partial charge on any atom is -0.481 e. The van der Waals surface area contributed by atoms with Gasteiger partial charge in [0.15, 0.2) is 0 Å².